The van der Waals surface area contributed by atoms with Gasteiger partial charge in [0, 0.05) is 15.1 Å². The van der Waals surface area contributed by atoms with Crippen LogP contribution in [0.2, 0.25) is 5.02 Å². The molecular weight excluding hydrogens is 433 g/mol. The van der Waals surface area contributed by atoms with Gasteiger partial charge in [-0.15, -0.1) is 0 Å². The van der Waals surface area contributed by atoms with Crippen LogP contribution in [0.15, 0.2) is 46.9 Å². The van der Waals surface area contributed by atoms with Crippen molar-refractivity contribution in [3.8, 4) is 22.8 Å². The highest BCUT2D eigenvalue weighted by atomic mass is 79.9. The first kappa shape index (κ1) is 17.1. The van der Waals surface area contributed by atoms with Crippen molar-refractivity contribution in [3.05, 3.63) is 57.5 Å². The predicted molar refractivity (Wildman–Crippen MR) is 96.8 cm³/mol. The van der Waals surface area contributed by atoms with E-state index in [-0.39, 0.29) is 9.99 Å². The number of aromatic nitrogens is 4. The van der Waals surface area contributed by atoms with Gasteiger partial charge in [0.15, 0.2) is 5.82 Å². The van der Waals surface area contributed by atoms with Crippen LogP contribution in [0.25, 0.3) is 33.8 Å². The molecule has 0 aliphatic carbocycles. The molecule has 132 valence electrons. The zero-order valence-electron chi connectivity index (χ0n) is 12.8. The molecule has 4 aromatic rings. The van der Waals surface area contributed by atoms with Crippen LogP contribution in [0.5, 0.6) is 0 Å². The first-order valence-corrected chi connectivity index (χ1v) is 8.56. The van der Waals surface area contributed by atoms with Gasteiger partial charge < -0.3 is 4.98 Å². The number of rotatable bonds is 2. The molecule has 26 heavy (non-hydrogen) atoms. The number of H-pyrrole nitrogens is 2. The number of nitrogens with one attached hydrogen (secondary N) is 2. The van der Waals surface area contributed by atoms with Crippen LogP contribution < -0.4 is 0 Å². The van der Waals surface area contributed by atoms with Crippen LogP contribution in [0.1, 0.15) is 5.56 Å². The summed E-state index contributed by atoms with van der Waals surface area (Å²) in [5, 5.41) is 7.68. The lowest BCUT2D eigenvalue weighted by atomic mass is 10.1. The summed E-state index contributed by atoms with van der Waals surface area (Å²) in [5.41, 5.74) is 2.05. The SMILES string of the molecule is FC(F)(F)c1cc2[nH]c(-c3cc(-c4ccc(Cl)cc4)n[nH]3)nc2cc1Br. The molecular formula is C17H9BrClF3N4. The molecule has 4 nitrogen and oxygen atoms in total. The Morgan fingerprint density at radius 2 is 1.77 bits per heavy atom. The molecule has 2 aromatic heterocycles. The molecule has 0 amide bonds. The highest BCUT2D eigenvalue weighted by molar-refractivity contribution is 9.10. The fourth-order valence-electron chi connectivity index (χ4n) is 2.59. The molecule has 0 bridgehead atoms. The lowest BCUT2D eigenvalue weighted by Crippen LogP contribution is -2.05. The highest BCUT2D eigenvalue weighted by Crippen LogP contribution is 2.37. The highest BCUT2D eigenvalue weighted by Gasteiger charge is 2.33. The van der Waals surface area contributed by atoms with Gasteiger partial charge in [-0.1, -0.05) is 39.7 Å². The zero-order chi connectivity index (χ0) is 18.5. The summed E-state index contributed by atoms with van der Waals surface area (Å²) in [6.07, 6.45) is -4.45. The number of hydrogen-bond donors (Lipinski definition) is 2. The molecule has 2 N–H and O–H groups in total. The minimum absolute atomic E-state index is 0.0537. The van der Waals surface area contributed by atoms with E-state index in [0.29, 0.717) is 27.8 Å². The van der Waals surface area contributed by atoms with Gasteiger partial charge in [-0.3, -0.25) is 5.10 Å². The average molecular weight is 442 g/mol. The molecule has 0 atom stereocenters. The van der Waals surface area contributed by atoms with Gasteiger partial charge >= 0.3 is 6.18 Å². The quantitative estimate of drug-likeness (QED) is 0.397. The van der Waals surface area contributed by atoms with Crippen molar-refractivity contribution >= 4 is 38.6 Å². The summed E-state index contributed by atoms with van der Waals surface area (Å²) in [7, 11) is 0. The van der Waals surface area contributed by atoms with Crippen LogP contribution in [-0.2, 0) is 6.18 Å². The lowest BCUT2D eigenvalue weighted by molar-refractivity contribution is -0.138. The Balaban J connectivity index is 1.74. The number of fused-ring (bicyclic) bond motifs is 1. The first-order chi connectivity index (χ1) is 12.3. The van der Waals surface area contributed by atoms with E-state index < -0.39 is 11.7 Å². The molecule has 0 saturated heterocycles. The summed E-state index contributed by atoms with van der Waals surface area (Å²) < 4.78 is 39.1. The Morgan fingerprint density at radius 1 is 1.04 bits per heavy atom. The topological polar surface area (TPSA) is 57.4 Å². The minimum atomic E-state index is -4.45. The smallest absolute Gasteiger partial charge is 0.337 e. The molecule has 0 aliphatic heterocycles. The van der Waals surface area contributed by atoms with Crippen LogP contribution in [0.4, 0.5) is 13.2 Å². The second-order valence-electron chi connectivity index (χ2n) is 5.61. The molecule has 0 spiro atoms. The Hall–Kier alpha value is -2.32. The van der Waals surface area contributed by atoms with Crippen molar-refractivity contribution in [3.63, 3.8) is 0 Å². The van der Waals surface area contributed by atoms with E-state index in [1.807, 2.05) is 12.1 Å². The normalized spacial score (nSPS) is 12.0. The third-order valence-electron chi connectivity index (χ3n) is 3.85. The van der Waals surface area contributed by atoms with E-state index >= 15 is 0 Å². The lowest BCUT2D eigenvalue weighted by Gasteiger charge is -2.08. The second-order valence-corrected chi connectivity index (χ2v) is 6.90. The summed E-state index contributed by atoms with van der Waals surface area (Å²) >= 11 is 8.83. The van der Waals surface area contributed by atoms with Crippen molar-refractivity contribution in [1.29, 1.82) is 0 Å². The Bertz CT molecular complexity index is 1100. The number of imidazole rings is 1. The maximum Gasteiger partial charge on any atom is 0.417 e. The van der Waals surface area contributed by atoms with Gasteiger partial charge in [0.1, 0.15) is 5.69 Å². The zero-order valence-corrected chi connectivity index (χ0v) is 15.2. The minimum Gasteiger partial charge on any atom is -0.337 e. The van der Waals surface area contributed by atoms with Gasteiger partial charge in [-0.05, 0) is 30.3 Å². The van der Waals surface area contributed by atoms with Crippen molar-refractivity contribution in [2.45, 2.75) is 6.18 Å². The van der Waals surface area contributed by atoms with Gasteiger partial charge in [-0.25, -0.2) is 4.98 Å². The Labute approximate surface area is 158 Å². The monoisotopic (exact) mass is 440 g/mol. The molecule has 2 heterocycles. The number of alkyl halides is 3. The van der Waals surface area contributed by atoms with Crippen molar-refractivity contribution in [1.82, 2.24) is 20.2 Å². The second kappa shape index (κ2) is 6.14. The predicted octanol–water partition coefficient (Wildman–Crippen LogP) is 6.05. The van der Waals surface area contributed by atoms with Crippen LogP contribution in [0.3, 0.4) is 0 Å². The largest absolute Gasteiger partial charge is 0.417 e. The first-order valence-electron chi connectivity index (χ1n) is 7.39. The fraction of sp³-hybridized carbons (Fsp3) is 0.0588. The number of halogens is 5. The van der Waals surface area contributed by atoms with Crippen LogP contribution in [0, 0.1) is 0 Å². The summed E-state index contributed by atoms with van der Waals surface area (Å²) in [5.74, 6) is 0.402. The Kier molecular flexibility index (Phi) is 4.04. The third kappa shape index (κ3) is 3.10. The van der Waals surface area contributed by atoms with E-state index in [2.05, 4.69) is 36.1 Å². The summed E-state index contributed by atoms with van der Waals surface area (Å²) in [6.45, 7) is 0. The number of benzene rings is 2. The summed E-state index contributed by atoms with van der Waals surface area (Å²) in [6, 6.07) is 11.3. The standard InChI is InChI=1S/C17H9BrClF3N4/c18-11-6-14-13(5-10(11)17(20,21)22)23-16(24-14)15-7-12(25-26-15)8-1-3-9(19)4-2-8/h1-7H,(H,23,24)(H,25,26). The Morgan fingerprint density at radius 3 is 2.46 bits per heavy atom. The van der Waals surface area contributed by atoms with E-state index in [4.69, 9.17) is 11.6 Å². The average Bonchev–Trinajstić information content (AvgIpc) is 3.20. The van der Waals surface area contributed by atoms with E-state index in [0.717, 1.165) is 11.6 Å². The van der Waals surface area contributed by atoms with Crippen LogP contribution >= 0.6 is 27.5 Å². The van der Waals surface area contributed by atoms with Crippen molar-refractivity contribution in [2.75, 3.05) is 0 Å². The number of nitrogens with zero attached hydrogens (tertiary/aromatic N) is 2. The molecule has 0 unspecified atom stereocenters. The molecule has 0 fully saturated rings. The van der Waals surface area contributed by atoms with Crippen LogP contribution in [-0.4, -0.2) is 20.2 Å². The third-order valence-corrected chi connectivity index (χ3v) is 4.76. The van der Waals surface area contributed by atoms with Gasteiger partial charge in [0.05, 0.1) is 22.3 Å². The maximum absolute atomic E-state index is 13.0. The molecule has 9 heteroatoms. The molecule has 4 rings (SSSR count). The maximum atomic E-state index is 13.0. The molecule has 0 aliphatic rings. The van der Waals surface area contributed by atoms with E-state index in [9.17, 15) is 13.2 Å². The van der Waals surface area contributed by atoms with Gasteiger partial charge in [0.2, 0.25) is 0 Å². The fourth-order valence-corrected chi connectivity index (χ4v) is 3.27. The molecule has 0 radical (unpaired) electrons. The van der Waals surface area contributed by atoms with E-state index in [1.54, 1.807) is 18.2 Å². The van der Waals surface area contributed by atoms with Crippen molar-refractivity contribution in [2.24, 2.45) is 0 Å². The van der Waals surface area contributed by atoms with E-state index in [1.165, 1.54) is 6.07 Å². The summed E-state index contributed by atoms with van der Waals surface area (Å²) in [4.78, 5) is 7.24. The van der Waals surface area contributed by atoms with Gasteiger partial charge in [-0.2, -0.15) is 18.3 Å². The van der Waals surface area contributed by atoms with Crippen molar-refractivity contribution < 1.29 is 13.2 Å². The van der Waals surface area contributed by atoms with Gasteiger partial charge in [0.25, 0.3) is 0 Å². The number of aromatic amines is 2. The number of hydrogen-bond acceptors (Lipinski definition) is 2. The molecule has 0 saturated carbocycles. The molecule has 2 aromatic carbocycles.